The quantitative estimate of drug-likeness (QED) is 0.391. The molecule has 0 amide bonds. The molecule has 2 N–H and O–H groups in total. The van der Waals surface area contributed by atoms with Gasteiger partial charge in [0.25, 0.3) is 0 Å². The Morgan fingerprint density at radius 2 is 2.09 bits per heavy atom. The summed E-state index contributed by atoms with van der Waals surface area (Å²) in [7, 11) is 1.75. The Labute approximate surface area is 139 Å². The molecule has 0 saturated carbocycles. The summed E-state index contributed by atoms with van der Waals surface area (Å²) in [6, 6.07) is 0.379. The normalized spacial score (nSPS) is 14.6. The average molecular weight is 325 g/mol. The van der Waals surface area contributed by atoms with E-state index >= 15 is 0 Å². The number of guanidine groups is 1. The zero-order valence-corrected chi connectivity index (χ0v) is 15.1. The first-order valence-electron chi connectivity index (χ1n) is 8.51. The second kappa shape index (κ2) is 11.0. The minimum absolute atomic E-state index is 0.159. The van der Waals surface area contributed by atoms with Crippen LogP contribution < -0.4 is 10.6 Å². The number of hydrogen-bond acceptors (Lipinski definition) is 5. The number of unbranched alkanes of at least 4 members (excludes halogenated alkanes) is 2. The van der Waals surface area contributed by atoms with Gasteiger partial charge >= 0.3 is 0 Å². The van der Waals surface area contributed by atoms with Gasteiger partial charge in [0.15, 0.2) is 11.8 Å². The molecule has 7 nitrogen and oxygen atoms in total. The standard InChI is InChI=1S/C16H31N5O2/c1-6-8-9-10-12(3)19-16(17-5)18-11-14-20-15(21-23-14)13(4)22-7-2/h12-13H,6-11H2,1-5H3,(H2,17,18,19). The van der Waals surface area contributed by atoms with Crippen LogP contribution in [0.3, 0.4) is 0 Å². The summed E-state index contributed by atoms with van der Waals surface area (Å²) in [5, 5.41) is 10.5. The Morgan fingerprint density at radius 1 is 1.30 bits per heavy atom. The predicted molar refractivity (Wildman–Crippen MR) is 91.3 cm³/mol. The monoisotopic (exact) mass is 325 g/mol. The second-order valence-electron chi connectivity index (χ2n) is 5.61. The first-order valence-corrected chi connectivity index (χ1v) is 8.51. The van der Waals surface area contributed by atoms with Crippen LogP contribution in [0, 0.1) is 0 Å². The van der Waals surface area contributed by atoms with Crippen LogP contribution >= 0.6 is 0 Å². The lowest BCUT2D eigenvalue weighted by Gasteiger charge is -2.17. The molecular formula is C16H31N5O2. The summed E-state index contributed by atoms with van der Waals surface area (Å²) >= 11 is 0. The van der Waals surface area contributed by atoms with Gasteiger partial charge in [-0.2, -0.15) is 4.98 Å². The van der Waals surface area contributed by atoms with Crippen LogP contribution in [-0.4, -0.2) is 35.8 Å². The van der Waals surface area contributed by atoms with Gasteiger partial charge in [-0.1, -0.05) is 31.3 Å². The van der Waals surface area contributed by atoms with Crippen LogP contribution in [0.1, 0.15) is 71.2 Å². The summed E-state index contributed by atoms with van der Waals surface area (Å²) in [4.78, 5) is 8.55. The maximum atomic E-state index is 5.45. The van der Waals surface area contributed by atoms with Crippen LogP contribution in [0.15, 0.2) is 9.52 Å². The Balaban J connectivity index is 2.39. The van der Waals surface area contributed by atoms with Crippen molar-refractivity contribution in [1.29, 1.82) is 0 Å². The molecule has 1 aromatic heterocycles. The molecule has 0 fully saturated rings. The number of ether oxygens (including phenoxy) is 1. The molecular weight excluding hydrogens is 294 g/mol. The van der Waals surface area contributed by atoms with E-state index in [1.807, 2.05) is 13.8 Å². The van der Waals surface area contributed by atoms with Crippen LogP contribution in [-0.2, 0) is 11.3 Å². The summed E-state index contributed by atoms with van der Waals surface area (Å²) in [5.41, 5.74) is 0. The van der Waals surface area contributed by atoms with Crippen molar-refractivity contribution in [3.05, 3.63) is 11.7 Å². The van der Waals surface area contributed by atoms with Crippen molar-refractivity contribution in [2.45, 2.75) is 72.1 Å². The van der Waals surface area contributed by atoms with Crippen LogP contribution in [0.5, 0.6) is 0 Å². The van der Waals surface area contributed by atoms with E-state index in [1.165, 1.54) is 19.3 Å². The maximum absolute atomic E-state index is 5.45. The number of hydrogen-bond donors (Lipinski definition) is 2. The molecule has 7 heteroatoms. The van der Waals surface area contributed by atoms with Crippen molar-refractivity contribution in [1.82, 2.24) is 20.8 Å². The molecule has 1 aromatic rings. The third-order valence-electron chi connectivity index (χ3n) is 3.52. The Morgan fingerprint density at radius 3 is 2.74 bits per heavy atom. The third-order valence-corrected chi connectivity index (χ3v) is 3.52. The van der Waals surface area contributed by atoms with Crippen molar-refractivity contribution in [3.8, 4) is 0 Å². The Hall–Kier alpha value is -1.63. The summed E-state index contributed by atoms with van der Waals surface area (Å²) < 4.78 is 10.7. The van der Waals surface area contributed by atoms with E-state index in [-0.39, 0.29) is 6.10 Å². The lowest BCUT2D eigenvalue weighted by molar-refractivity contribution is 0.0683. The number of aliphatic imine (C=N–C) groups is 1. The largest absolute Gasteiger partial charge is 0.371 e. The molecule has 2 atom stereocenters. The van der Waals surface area contributed by atoms with Gasteiger partial charge in [0.2, 0.25) is 5.89 Å². The number of rotatable bonds is 10. The fourth-order valence-electron chi connectivity index (χ4n) is 2.19. The topological polar surface area (TPSA) is 84.6 Å². The van der Waals surface area contributed by atoms with Crippen LogP contribution in [0.2, 0.25) is 0 Å². The number of nitrogens with one attached hydrogen (secondary N) is 2. The van der Waals surface area contributed by atoms with E-state index in [0.29, 0.717) is 30.9 Å². The van der Waals surface area contributed by atoms with E-state index in [1.54, 1.807) is 7.05 Å². The zero-order valence-electron chi connectivity index (χ0n) is 15.1. The minimum Gasteiger partial charge on any atom is -0.371 e. The van der Waals surface area contributed by atoms with Crippen LogP contribution in [0.25, 0.3) is 0 Å². The Bertz CT molecular complexity index is 461. The molecule has 23 heavy (non-hydrogen) atoms. The fourth-order valence-corrected chi connectivity index (χ4v) is 2.19. The van der Waals surface area contributed by atoms with Crippen LogP contribution in [0.4, 0.5) is 0 Å². The second-order valence-corrected chi connectivity index (χ2v) is 5.61. The first-order chi connectivity index (χ1) is 11.1. The van der Waals surface area contributed by atoms with Gasteiger partial charge in [-0.3, -0.25) is 4.99 Å². The first kappa shape index (κ1) is 19.4. The fraction of sp³-hybridized carbons (Fsp3) is 0.812. The van der Waals surface area contributed by atoms with E-state index in [9.17, 15) is 0 Å². The highest BCUT2D eigenvalue weighted by molar-refractivity contribution is 5.79. The van der Waals surface area contributed by atoms with Gasteiger partial charge in [0.1, 0.15) is 6.10 Å². The molecule has 0 saturated heterocycles. The van der Waals surface area contributed by atoms with Gasteiger partial charge in [-0.25, -0.2) is 0 Å². The molecule has 0 radical (unpaired) electrons. The lowest BCUT2D eigenvalue weighted by Crippen LogP contribution is -2.41. The summed E-state index contributed by atoms with van der Waals surface area (Å²) in [6.45, 7) is 9.28. The van der Waals surface area contributed by atoms with Crippen molar-refractivity contribution in [2.75, 3.05) is 13.7 Å². The summed E-state index contributed by atoms with van der Waals surface area (Å²) in [5.74, 6) is 1.83. The van der Waals surface area contributed by atoms with Crippen molar-refractivity contribution < 1.29 is 9.26 Å². The van der Waals surface area contributed by atoms with E-state index in [2.05, 4.69) is 39.6 Å². The molecule has 0 aliphatic rings. The van der Waals surface area contributed by atoms with E-state index < -0.39 is 0 Å². The van der Waals surface area contributed by atoms with E-state index in [0.717, 1.165) is 12.4 Å². The zero-order chi connectivity index (χ0) is 17.1. The highest BCUT2D eigenvalue weighted by atomic mass is 16.5. The van der Waals surface area contributed by atoms with Gasteiger partial charge in [-0.05, 0) is 27.2 Å². The van der Waals surface area contributed by atoms with Crippen molar-refractivity contribution in [2.24, 2.45) is 4.99 Å². The highest BCUT2D eigenvalue weighted by Crippen LogP contribution is 2.12. The smallest absolute Gasteiger partial charge is 0.246 e. The highest BCUT2D eigenvalue weighted by Gasteiger charge is 2.14. The number of aromatic nitrogens is 2. The van der Waals surface area contributed by atoms with Gasteiger partial charge < -0.3 is 19.9 Å². The molecule has 0 aliphatic carbocycles. The molecule has 0 aliphatic heterocycles. The predicted octanol–water partition coefficient (Wildman–Crippen LogP) is 2.80. The SMILES string of the molecule is CCCCCC(C)NC(=NC)NCc1nc(C(C)OCC)no1. The molecule has 0 spiro atoms. The third kappa shape index (κ3) is 7.45. The molecule has 132 valence electrons. The van der Waals surface area contributed by atoms with E-state index in [4.69, 9.17) is 9.26 Å². The van der Waals surface area contributed by atoms with Gasteiger partial charge in [0.05, 0.1) is 6.54 Å². The minimum atomic E-state index is -0.159. The van der Waals surface area contributed by atoms with Crippen molar-refractivity contribution in [3.63, 3.8) is 0 Å². The van der Waals surface area contributed by atoms with Crippen molar-refractivity contribution >= 4 is 5.96 Å². The number of nitrogens with zero attached hydrogens (tertiary/aromatic N) is 3. The molecule has 2 unspecified atom stereocenters. The molecule has 1 rings (SSSR count). The average Bonchev–Trinajstić information content (AvgIpc) is 3.01. The molecule has 0 bridgehead atoms. The van der Waals surface area contributed by atoms with Gasteiger partial charge in [-0.15, -0.1) is 0 Å². The molecule has 1 heterocycles. The lowest BCUT2D eigenvalue weighted by atomic mass is 10.1. The Kier molecular flexibility index (Phi) is 9.28. The molecule has 0 aromatic carbocycles. The van der Waals surface area contributed by atoms with Gasteiger partial charge in [0, 0.05) is 19.7 Å². The summed E-state index contributed by atoms with van der Waals surface area (Å²) in [6.07, 6.45) is 4.70. The maximum Gasteiger partial charge on any atom is 0.246 e.